The van der Waals surface area contributed by atoms with E-state index in [2.05, 4.69) is 10.1 Å². The van der Waals surface area contributed by atoms with Gasteiger partial charge in [0.15, 0.2) is 5.57 Å². The summed E-state index contributed by atoms with van der Waals surface area (Å²) in [6.07, 6.45) is 0. The van der Waals surface area contributed by atoms with Crippen molar-refractivity contribution in [3.8, 4) is 12.1 Å². The lowest BCUT2D eigenvalue weighted by atomic mass is 10.2. The summed E-state index contributed by atoms with van der Waals surface area (Å²) < 4.78 is 4.62. The standard InChI is InChI=1S/C8H9N3O2/c1-3-13-8(12)7(11-2)6(4-9)5-10/h11H,3H2,1-2H3. The van der Waals surface area contributed by atoms with Gasteiger partial charge in [0.1, 0.15) is 17.8 Å². The quantitative estimate of drug-likeness (QED) is 0.376. The highest BCUT2D eigenvalue weighted by atomic mass is 16.5. The van der Waals surface area contributed by atoms with Crippen LogP contribution in [0.25, 0.3) is 0 Å². The Labute approximate surface area is 76.2 Å². The Kier molecular flexibility index (Phi) is 4.75. The molecule has 0 aromatic rings. The Hall–Kier alpha value is -2.01. The highest BCUT2D eigenvalue weighted by Gasteiger charge is 2.14. The molecule has 0 saturated carbocycles. The number of allylic oxidation sites excluding steroid dienone is 1. The van der Waals surface area contributed by atoms with Gasteiger partial charge in [-0.3, -0.25) is 0 Å². The molecule has 0 amide bonds. The molecule has 0 rings (SSSR count). The topological polar surface area (TPSA) is 85.9 Å². The van der Waals surface area contributed by atoms with Crippen LogP contribution in [0.15, 0.2) is 11.3 Å². The van der Waals surface area contributed by atoms with Crippen molar-refractivity contribution in [1.29, 1.82) is 10.5 Å². The van der Waals surface area contributed by atoms with Crippen LogP contribution < -0.4 is 5.32 Å². The summed E-state index contributed by atoms with van der Waals surface area (Å²) in [5.74, 6) is -0.692. The Bertz CT molecular complexity index is 290. The second-order valence-corrected chi connectivity index (χ2v) is 1.94. The van der Waals surface area contributed by atoms with Crippen molar-refractivity contribution >= 4 is 5.97 Å². The first kappa shape index (κ1) is 11.0. The van der Waals surface area contributed by atoms with Crippen LogP contribution in [-0.2, 0) is 9.53 Å². The maximum atomic E-state index is 11.1. The number of nitrogens with zero attached hydrogens (tertiary/aromatic N) is 2. The zero-order valence-corrected chi connectivity index (χ0v) is 7.42. The number of likely N-dealkylation sites (N-methyl/N-ethyl adjacent to an activating group) is 1. The van der Waals surface area contributed by atoms with Gasteiger partial charge in [-0.2, -0.15) is 10.5 Å². The van der Waals surface area contributed by atoms with Gasteiger partial charge in [0.25, 0.3) is 0 Å². The van der Waals surface area contributed by atoms with Crippen molar-refractivity contribution in [1.82, 2.24) is 5.32 Å². The number of esters is 1. The average Bonchev–Trinajstić information content (AvgIpc) is 2.14. The van der Waals surface area contributed by atoms with Crippen LogP contribution in [-0.4, -0.2) is 19.6 Å². The molecule has 0 radical (unpaired) electrons. The molecule has 0 bridgehead atoms. The summed E-state index contributed by atoms with van der Waals surface area (Å²) >= 11 is 0. The zero-order valence-electron chi connectivity index (χ0n) is 7.42. The minimum atomic E-state index is -0.692. The molecule has 0 aromatic carbocycles. The van der Waals surface area contributed by atoms with Gasteiger partial charge in [0.2, 0.25) is 0 Å². The number of carbonyl (C=O) groups is 1. The smallest absolute Gasteiger partial charge is 0.356 e. The van der Waals surface area contributed by atoms with Gasteiger partial charge in [-0.1, -0.05) is 0 Å². The maximum Gasteiger partial charge on any atom is 0.356 e. The number of ether oxygens (including phenoxy) is 1. The molecular weight excluding hydrogens is 170 g/mol. The van der Waals surface area contributed by atoms with E-state index in [0.29, 0.717) is 0 Å². The molecular formula is C8H9N3O2. The Morgan fingerprint density at radius 1 is 1.46 bits per heavy atom. The number of nitriles is 2. The van der Waals surface area contributed by atoms with Gasteiger partial charge in [0.05, 0.1) is 6.61 Å². The van der Waals surface area contributed by atoms with Crippen LogP contribution in [0.1, 0.15) is 6.92 Å². The third kappa shape index (κ3) is 2.84. The fraction of sp³-hybridized carbons (Fsp3) is 0.375. The number of rotatable bonds is 3. The van der Waals surface area contributed by atoms with Gasteiger partial charge in [-0.15, -0.1) is 0 Å². The third-order valence-corrected chi connectivity index (χ3v) is 1.20. The molecule has 0 fully saturated rings. The normalized spacial score (nSPS) is 7.69. The van der Waals surface area contributed by atoms with Crippen LogP contribution in [0, 0.1) is 22.7 Å². The van der Waals surface area contributed by atoms with Crippen molar-refractivity contribution in [2.75, 3.05) is 13.7 Å². The second kappa shape index (κ2) is 5.62. The highest BCUT2D eigenvalue weighted by Crippen LogP contribution is 2.01. The molecule has 5 heteroatoms. The van der Waals surface area contributed by atoms with Crippen LogP contribution in [0.4, 0.5) is 0 Å². The van der Waals surface area contributed by atoms with Crippen LogP contribution in [0.3, 0.4) is 0 Å². The van der Waals surface area contributed by atoms with Gasteiger partial charge in [-0.25, -0.2) is 4.79 Å². The molecule has 13 heavy (non-hydrogen) atoms. The Balaban J connectivity index is 4.91. The molecule has 0 aromatic heterocycles. The van der Waals surface area contributed by atoms with Crippen molar-refractivity contribution in [3.63, 3.8) is 0 Å². The number of hydrogen-bond donors (Lipinski definition) is 1. The van der Waals surface area contributed by atoms with E-state index in [1.54, 1.807) is 19.1 Å². The van der Waals surface area contributed by atoms with Gasteiger partial charge in [0, 0.05) is 7.05 Å². The molecule has 0 saturated heterocycles. The molecule has 0 spiro atoms. The highest BCUT2D eigenvalue weighted by molar-refractivity contribution is 5.90. The molecule has 0 atom stereocenters. The number of hydrogen-bond acceptors (Lipinski definition) is 5. The van der Waals surface area contributed by atoms with E-state index in [0.717, 1.165) is 0 Å². The van der Waals surface area contributed by atoms with E-state index in [1.807, 2.05) is 0 Å². The van der Waals surface area contributed by atoms with Crippen LogP contribution >= 0.6 is 0 Å². The zero-order chi connectivity index (χ0) is 10.3. The van der Waals surface area contributed by atoms with E-state index < -0.39 is 5.97 Å². The summed E-state index contributed by atoms with van der Waals surface area (Å²) in [5, 5.41) is 19.4. The van der Waals surface area contributed by atoms with Gasteiger partial charge < -0.3 is 10.1 Å². The van der Waals surface area contributed by atoms with E-state index in [4.69, 9.17) is 10.5 Å². The Morgan fingerprint density at radius 2 is 2.00 bits per heavy atom. The summed E-state index contributed by atoms with van der Waals surface area (Å²) in [6, 6.07) is 3.19. The van der Waals surface area contributed by atoms with Gasteiger partial charge in [-0.05, 0) is 6.92 Å². The number of nitrogens with one attached hydrogen (secondary N) is 1. The number of carbonyl (C=O) groups excluding carboxylic acids is 1. The largest absolute Gasteiger partial charge is 0.461 e. The van der Waals surface area contributed by atoms with Crippen molar-refractivity contribution in [2.45, 2.75) is 6.92 Å². The van der Waals surface area contributed by atoms with E-state index in [9.17, 15) is 4.79 Å². The first-order valence-electron chi connectivity index (χ1n) is 3.60. The second-order valence-electron chi connectivity index (χ2n) is 1.94. The third-order valence-electron chi connectivity index (χ3n) is 1.20. The summed E-state index contributed by atoms with van der Waals surface area (Å²) in [5.41, 5.74) is -0.382. The molecule has 0 aliphatic carbocycles. The SMILES string of the molecule is CCOC(=O)C(NC)=C(C#N)C#N. The maximum absolute atomic E-state index is 11.1. The molecule has 68 valence electrons. The molecule has 5 nitrogen and oxygen atoms in total. The summed E-state index contributed by atoms with van der Waals surface area (Å²) in [7, 11) is 1.45. The van der Waals surface area contributed by atoms with Crippen molar-refractivity contribution in [2.24, 2.45) is 0 Å². The van der Waals surface area contributed by atoms with Crippen LogP contribution in [0.5, 0.6) is 0 Å². The molecule has 0 aliphatic rings. The van der Waals surface area contributed by atoms with Crippen molar-refractivity contribution < 1.29 is 9.53 Å². The lowest BCUT2D eigenvalue weighted by Crippen LogP contribution is -2.20. The predicted octanol–water partition coefficient (Wildman–Crippen LogP) is 0.0702. The predicted molar refractivity (Wildman–Crippen MR) is 43.9 cm³/mol. The molecule has 0 heterocycles. The summed E-state index contributed by atoms with van der Waals surface area (Å²) in [6.45, 7) is 1.84. The first-order chi connectivity index (χ1) is 6.21. The van der Waals surface area contributed by atoms with E-state index in [1.165, 1.54) is 7.05 Å². The minimum Gasteiger partial charge on any atom is -0.461 e. The lowest BCUT2D eigenvalue weighted by Gasteiger charge is -2.04. The van der Waals surface area contributed by atoms with Crippen molar-refractivity contribution in [3.05, 3.63) is 11.3 Å². The van der Waals surface area contributed by atoms with Crippen LogP contribution in [0.2, 0.25) is 0 Å². The van der Waals surface area contributed by atoms with E-state index in [-0.39, 0.29) is 17.9 Å². The summed E-state index contributed by atoms with van der Waals surface area (Å²) in [4.78, 5) is 11.1. The monoisotopic (exact) mass is 179 g/mol. The Morgan fingerprint density at radius 3 is 2.31 bits per heavy atom. The lowest BCUT2D eigenvalue weighted by molar-refractivity contribution is -0.138. The fourth-order valence-corrected chi connectivity index (χ4v) is 0.669. The average molecular weight is 179 g/mol. The molecule has 1 N–H and O–H groups in total. The molecule has 0 aliphatic heterocycles. The van der Waals surface area contributed by atoms with Gasteiger partial charge >= 0.3 is 5.97 Å². The minimum absolute atomic E-state index is 0.105. The fourth-order valence-electron chi connectivity index (χ4n) is 0.669. The van der Waals surface area contributed by atoms with E-state index >= 15 is 0 Å². The first-order valence-corrected chi connectivity index (χ1v) is 3.60. The molecule has 0 unspecified atom stereocenters.